The molecule has 33 heavy (non-hydrogen) atoms. The number of rotatable bonds is 8. The van der Waals surface area contributed by atoms with Crippen LogP contribution in [0.2, 0.25) is 0 Å². The fourth-order valence-corrected chi connectivity index (χ4v) is 4.93. The van der Waals surface area contributed by atoms with Gasteiger partial charge in [-0.15, -0.1) is 11.3 Å². The summed E-state index contributed by atoms with van der Waals surface area (Å²) in [6.45, 7) is 1.95. The number of carbonyl (C=O) groups excluding carboxylic acids is 1. The van der Waals surface area contributed by atoms with E-state index in [2.05, 4.69) is 41.7 Å². The molecule has 0 bridgehead atoms. The first-order valence-corrected chi connectivity index (χ1v) is 11.4. The van der Waals surface area contributed by atoms with Crippen LogP contribution in [-0.2, 0) is 17.6 Å². The lowest BCUT2D eigenvalue weighted by Gasteiger charge is -2.14. The minimum absolute atomic E-state index is 0.132. The topological polar surface area (TPSA) is 69.7 Å². The van der Waals surface area contributed by atoms with E-state index in [1.165, 1.54) is 16.3 Å². The maximum absolute atomic E-state index is 12.8. The Hall–Kier alpha value is -3.58. The number of carbonyl (C=O) groups is 1. The Bertz CT molecular complexity index is 1270. The third kappa shape index (κ3) is 4.93. The Labute approximate surface area is 197 Å². The van der Waals surface area contributed by atoms with E-state index in [0.717, 1.165) is 22.0 Å². The molecule has 1 N–H and O–H groups in total. The minimum Gasteiger partial charge on any atom is -0.493 e. The lowest BCUT2D eigenvalue weighted by molar-refractivity contribution is -0.115. The summed E-state index contributed by atoms with van der Waals surface area (Å²) in [5, 5.41) is 6.37. The van der Waals surface area contributed by atoms with Crippen molar-refractivity contribution >= 4 is 33.7 Å². The van der Waals surface area contributed by atoms with Gasteiger partial charge >= 0.3 is 0 Å². The number of aryl methyl sites for hydroxylation is 1. The van der Waals surface area contributed by atoms with Crippen molar-refractivity contribution in [3.63, 3.8) is 0 Å². The lowest BCUT2D eigenvalue weighted by atomic mass is 10.0. The van der Waals surface area contributed by atoms with Gasteiger partial charge in [0.25, 0.3) is 0 Å². The van der Waals surface area contributed by atoms with Crippen molar-refractivity contribution in [3.05, 3.63) is 75.7 Å². The zero-order valence-electron chi connectivity index (χ0n) is 19.1. The first kappa shape index (κ1) is 22.6. The SMILES string of the molecule is COc1cc(NC(=O)Cc2sc(Cc3cccc4ccccc34)nc2C)cc(OC)c1OC. The van der Waals surface area contributed by atoms with E-state index < -0.39 is 0 Å². The fraction of sp³-hybridized carbons (Fsp3) is 0.231. The van der Waals surface area contributed by atoms with Gasteiger partial charge < -0.3 is 19.5 Å². The van der Waals surface area contributed by atoms with Crippen molar-refractivity contribution in [1.82, 2.24) is 4.98 Å². The minimum atomic E-state index is -0.132. The van der Waals surface area contributed by atoms with Gasteiger partial charge in [0.05, 0.1) is 38.5 Å². The van der Waals surface area contributed by atoms with Crippen molar-refractivity contribution in [1.29, 1.82) is 0 Å². The second-order valence-corrected chi connectivity index (χ2v) is 8.74. The van der Waals surface area contributed by atoms with E-state index in [1.807, 2.05) is 13.0 Å². The van der Waals surface area contributed by atoms with Gasteiger partial charge in [-0.2, -0.15) is 0 Å². The monoisotopic (exact) mass is 462 g/mol. The Morgan fingerprint density at radius 3 is 2.36 bits per heavy atom. The van der Waals surface area contributed by atoms with Gasteiger partial charge in [0, 0.05) is 29.1 Å². The number of anilines is 1. The number of fused-ring (bicyclic) bond motifs is 1. The molecule has 7 heteroatoms. The highest BCUT2D eigenvalue weighted by atomic mass is 32.1. The molecule has 0 saturated carbocycles. The zero-order chi connectivity index (χ0) is 23.4. The van der Waals surface area contributed by atoms with Gasteiger partial charge in [-0.05, 0) is 23.3 Å². The number of nitrogens with one attached hydrogen (secondary N) is 1. The van der Waals surface area contributed by atoms with Crippen LogP contribution < -0.4 is 19.5 Å². The molecule has 0 spiro atoms. The van der Waals surface area contributed by atoms with Crippen LogP contribution >= 0.6 is 11.3 Å². The van der Waals surface area contributed by atoms with Crippen LogP contribution in [0, 0.1) is 6.92 Å². The average Bonchev–Trinajstić information content (AvgIpc) is 3.16. The predicted molar refractivity (Wildman–Crippen MR) is 132 cm³/mol. The molecule has 1 amide bonds. The van der Waals surface area contributed by atoms with Crippen LogP contribution in [0.3, 0.4) is 0 Å². The van der Waals surface area contributed by atoms with Crippen molar-refractivity contribution < 1.29 is 19.0 Å². The number of aromatic nitrogens is 1. The Morgan fingerprint density at radius 1 is 0.970 bits per heavy atom. The third-order valence-electron chi connectivity index (χ3n) is 5.43. The summed E-state index contributed by atoms with van der Waals surface area (Å²) in [6.07, 6.45) is 0.983. The third-order valence-corrected chi connectivity index (χ3v) is 6.59. The second kappa shape index (κ2) is 9.92. The van der Waals surface area contributed by atoms with Crippen LogP contribution in [0.5, 0.6) is 17.2 Å². The summed E-state index contributed by atoms with van der Waals surface area (Å²) in [7, 11) is 4.63. The Kier molecular flexibility index (Phi) is 6.79. The number of amides is 1. The van der Waals surface area contributed by atoms with E-state index in [-0.39, 0.29) is 12.3 Å². The Balaban J connectivity index is 1.50. The molecular formula is C26H26N2O4S. The molecule has 4 aromatic rings. The highest BCUT2D eigenvalue weighted by Gasteiger charge is 2.17. The molecule has 0 fully saturated rings. The summed E-state index contributed by atoms with van der Waals surface area (Å²) in [5.41, 5.74) is 2.69. The molecule has 0 aliphatic rings. The molecule has 170 valence electrons. The van der Waals surface area contributed by atoms with Crippen molar-refractivity contribution in [2.75, 3.05) is 26.6 Å². The first-order chi connectivity index (χ1) is 16.0. The molecule has 6 nitrogen and oxygen atoms in total. The van der Waals surface area contributed by atoms with Gasteiger partial charge in [-0.1, -0.05) is 42.5 Å². The van der Waals surface area contributed by atoms with Crippen LogP contribution in [0.25, 0.3) is 10.8 Å². The molecule has 1 aromatic heterocycles. The van der Waals surface area contributed by atoms with Gasteiger partial charge in [0.2, 0.25) is 11.7 Å². The number of thiazole rings is 1. The van der Waals surface area contributed by atoms with Crippen molar-refractivity contribution in [3.8, 4) is 17.2 Å². The summed E-state index contributed by atoms with van der Waals surface area (Å²) < 4.78 is 16.1. The number of nitrogens with zero attached hydrogens (tertiary/aromatic N) is 1. The molecule has 0 radical (unpaired) electrons. The summed E-state index contributed by atoms with van der Waals surface area (Å²) in [6, 6.07) is 18.1. The summed E-state index contributed by atoms with van der Waals surface area (Å²) >= 11 is 1.58. The van der Waals surface area contributed by atoms with Gasteiger partial charge in [-0.3, -0.25) is 4.79 Å². The van der Waals surface area contributed by atoms with Crippen molar-refractivity contribution in [2.45, 2.75) is 19.8 Å². The van der Waals surface area contributed by atoms with E-state index in [1.54, 1.807) is 44.8 Å². The maximum atomic E-state index is 12.8. The van der Waals surface area contributed by atoms with Crippen LogP contribution in [-0.4, -0.2) is 32.2 Å². The molecule has 3 aromatic carbocycles. The number of methoxy groups -OCH3 is 3. The van der Waals surface area contributed by atoms with Gasteiger partial charge in [0.1, 0.15) is 0 Å². The summed E-state index contributed by atoms with van der Waals surface area (Å²) in [5.74, 6) is 1.32. The highest BCUT2D eigenvalue weighted by molar-refractivity contribution is 7.11. The number of hydrogen-bond donors (Lipinski definition) is 1. The molecule has 0 aliphatic carbocycles. The van der Waals surface area contributed by atoms with Crippen molar-refractivity contribution in [2.24, 2.45) is 0 Å². The molecule has 0 unspecified atom stereocenters. The molecule has 1 heterocycles. The van der Waals surface area contributed by atoms with Crippen LogP contribution in [0.15, 0.2) is 54.6 Å². The largest absolute Gasteiger partial charge is 0.493 e. The second-order valence-electron chi connectivity index (χ2n) is 7.57. The van der Waals surface area contributed by atoms with Crippen LogP contribution in [0.4, 0.5) is 5.69 Å². The van der Waals surface area contributed by atoms with Crippen LogP contribution in [0.1, 0.15) is 21.1 Å². The predicted octanol–water partition coefficient (Wildman–Crippen LogP) is 5.40. The van der Waals surface area contributed by atoms with E-state index >= 15 is 0 Å². The quantitative estimate of drug-likeness (QED) is 0.380. The molecule has 0 aliphatic heterocycles. The fourth-order valence-electron chi connectivity index (χ4n) is 3.84. The summed E-state index contributed by atoms with van der Waals surface area (Å²) in [4.78, 5) is 18.5. The smallest absolute Gasteiger partial charge is 0.229 e. The standard InChI is InChI=1S/C26H26N2O4S/c1-16-23(15-24(29)28-19-13-21(30-2)26(32-4)22(14-19)31-3)33-25(27-16)12-18-10-7-9-17-8-5-6-11-20(17)18/h5-11,13-14H,12,15H2,1-4H3,(H,28,29). The molecular weight excluding hydrogens is 436 g/mol. The van der Waals surface area contributed by atoms with Gasteiger partial charge in [-0.25, -0.2) is 4.98 Å². The first-order valence-electron chi connectivity index (χ1n) is 10.5. The maximum Gasteiger partial charge on any atom is 0.229 e. The highest BCUT2D eigenvalue weighted by Crippen LogP contribution is 2.40. The normalized spacial score (nSPS) is 10.8. The van der Waals surface area contributed by atoms with Gasteiger partial charge in [0.15, 0.2) is 11.5 Å². The van der Waals surface area contributed by atoms with E-state index in [9.17, 15) is 4.79 Å². The zero-order valence-corrected chi connectivity index (χ0v) is 19.9. The molecule has 0 atom stereocenters. The Morgan fingerprint density at radius 2 is 1.67 bits per heavy atom. The number of benzene rings is 3. The van der Waals surface area contributed by atoms with E-state index in [4.69, 9.17) is 19.2 Å². The number of hydrogen-bond acceptors (Lipinski definition) is 6. The lowest BCUT2D eigenvalue weighted by Crippen LogP contribution is -2.14. The number of ether oxygens (including phenoxy) is 3. The molecule has 4 rings (SSSR count). The average molecular weight is 463 g/mol. The van der Waals surface area contributed by atoms with E-state index in [0.29, 0.717) is 22.9 Å². The molecule has 0 saturated heterocycles.